The van der Waals surface area contributed by atoms with Crippen LogP contribution in [0.1, 0.15) is 5.56 Å². The van der Waals surface area contributed by atoms with Crippen molar-refractivity contribution in [1.82, 2.24) is 9.78 Å². The van der Waals surface area contributed by atoms with Crippen LogP contribution >= 0.6 is 0 Å². The molecular weight excluding hydrogens is 174 g/mol. The van der Waals surface area contributed by atoms with Crippen LogP contribution < -0.4 is 0 Å². The summed E-state index contributed by atoms with van der Waals surface area (Å²) in [6.07, 6.45) is 3.75. The lowest BCUT2D eigenvalue weighted by Crippen LogP contribution is -1.84. The first-order valence-corrected chi connectivity index (χ1v) is 4.29. The third-order valence-electron chi connectivity index (χ3n) is 2.05. The minimum atomic E-state index is 0.678. The summed E-state index contributed by atoms with van der Waals surface area (Å²) in [4.78, 5) is 0. The molecule has 1 aromatic heterocycles. The molecule has 0 atom stereocenters. The van der Waals surface area contributed by atoms with Crippen molar-refractivity contribution in [3.05, 3.63) is 42.2 Å². The van der Waals surface area contributed by atoms with Gasteiger partial charge in [0.25, 0.3) is 0 Å². The Labute approximate surface area is 82.2 Å². The first kappa shape index (κ1) is 8.52. The van der Waals surface area contributed by atoms with Gasteiger partial charge >= 0.3 is 0 Å². The Morgan fingerprint density at radius 2 is 1.93 bits per heavy atom. The third kappa shape index (κ3) is 1.50. The largest absolute Gasteiger partial charge is 0.275 e. The van der Waals surface area contributed by atoms with Crippen LogP contribution in [0.25, 0.3) is 11.1 Å². The van der Waals surface area contributed by atoms with Crippen molar-refractivity contribution in [2.45, 2.75) is 0 Å². The van der Waals surface area contributed by atoms with E-state index >= 15 is 0 Å². The van der Waals surface area contributed by atoms with Crippen molar-refractivity contribution in [3.63, 3.8) is 0 Å². The summed E-state index contributed by atoms with van der Waals surface area (Å²) in [5.74, 6) is 0. The molecule has 3 heteroatoms. The number of rotatable bonds is 1. The van der Waals surface area contributed by atoms with Gasteiger partial charge in [-0.3, -0.25) is 4.68 Å². The van der Waals surface area contributed by atoms with E-state index in [2.05, 4.69) is 11.2 Å². The van der Waals surface area contributed by atoms with Gasteiger partial charge < -0.3 is 0 Å². The predicted octanol–water partition coefficient (Wildman–Crippen LogP) is 1.96. The Balaban J connectivity index is 2.39. The van der Waals surface area contributed by atoms with Crippen LogP contribution in [0.4, 0.5) is 0 Å². The van der Waals surface area contributed by atoms with E-state index in [9.17, 15) is 0 Å². The fourth-order valence-corrected chi connectivity index (χ4v) is 1.31. The van der Waals surface area contributed by atoms with Gasteiger partial charge in [-0.05, 0) is 17.7 Å². The lowest BCUT2D eigenvalue weighted by atomic mass is 10.1. The minimum Gasteiger partial charge on any atom is -0.275 e. The molecule has 68 valence electrons. The molecule has 0 aliphatic carbocycles. The van der Waals surface area contributed by atoms with Crippen LogP contribution in [0.3, 0.4) is 0 Å². The summed E-state index contributed by atoms with van der Waals surface area (Å²) >= 11 is 0. The maximum atomic E-state index is 8.64. The molecule has 2 aromatic rings. The molecule has 0 aliphatic rings. The summed E-state index contributed by atoms with van der Waals surface area (Å²) in [6.45, 7) is 0. The second-order valence-corrected chi connectivity index (χ2v) is 3.09. The number of aromatic nitrogens is 2. The molecule has 0 radical (unpaired) electrons. The lowest BCUT2D eigenvalue weighted by molar-refractivity contribution is 0.768. The van der Waals surface area contributed by atoms with Gasteiger partial charge in [0.15, 0.2) is 0 Å². The summed E-state index contributed by atoms with van der Waals surface area (Å²) in [6, 6.07) is 9.56. The fourth-order valence-electron chi connectivity index (χ4n) is 1.31. The molecule has 1 aromatic carbocycles. The molecule has 0 fully saturated rings. The Kier molecular flexibility index (Phi) is 2.04. The van der Waals surface area contributed by atoms with Crippen molar-refractivity contribution in [2.75, 3.05) is 0 Å². The van der Waals surface area contributed by atoms with Gasteiger partial charge in [0.05, 0.1) is 17.8 Å². The van der Waals surface area contributed by atoms with Gasteiger partial charge in [0.2, 0.25) is 0 Å². The molecule has 0 bridgehead atoms. The fraction of sp³-hybridized carbons (Fsp3) is 0.0909. The zero-order chi connectivity index (χ0) is 9.97. The first-order valence-electron chi connectivity index (χ1n) is 4.29. The molecular formula is C11H9N3. The topological polar surface area (TPSA) is 41.6 Å². The molecule has 0 spiro atoms. The Morgan fingerprint density at radius 3 is 2.43 bits per heavy atom. The van der Waals surface area contributed by atoms with Gasteiger partial charge in [-0.1, -0.05) is 12.1 Å². The zero-order valence-electron chi connectivity index (χ0n) is 7.81. The van der Waals surface area contributed by atoms with E-state index in [1.165, 1.54) is 0 Å². The van der Waals surface area contributed by atoms with E-state index in [4.69, 9.17) is 5.26 Å². The number of nitrogens with zero attached hydrogens (tertiary/aromatic N) is 3. The zero-order valence-corrected chi connectivity index (χ0v) is 7.81. The van der Waals surface area contributed by atoms with Crippen LogP contribution in [0.5, 0.6) is 0 Å². The quantitative estimate of drug-likeness (QED) is 0.678. The van der Waals surface area contributed by atoms with Crippen molar-refractivity contribution >= 4 is 0 Å². The molecule has 0 N–H and O–H groups in total. The van der Waals surface area contributed by atoms with E-state index in [0.29, 0.717) is 5.56 Å². The second kappa shape index (κ2) is 3.35. The van der Waals surface area contributed by atoms with Crippen LogP contribution in [0.2, 0.25) is 0 Å². The van der Waals surface area contributed by atoms with E-state index in [1.807, 2.05) is 37.5 Å². The van der Waals surface area contributed by atoms with Crippen LogP contribution in [0.15, 0.2) is 36.7 Å². The number of nitriles is 1. The second-order valence-electron chi connectivity index (χ2n) is 3.09. The average molecular weight is 183 g/mol. The van der Waals surface area contributed by atoms with E-state index in [1.54, 1.807) is 10.9 Å². The standard InChI is InChI=1S/C11H9N3/c1-14-8-11(7-13-14)10-4-2-9(6-12)3-5-10/h2-5,7-8H,1H3. The van der Waals surface area contributed by atoms with Crippen molar-refractivity contribution in [3.8, 4) is 17.2 Å². The van der Waals surface area contributed by atoms with Crippen molar-refractivity contribution < 1.29 is 0 Å². The monoisotopic (exact) mass is 183 g/mol. The van der Waals surface area contributed by atoms with E-state index in [-0.39, 0.29) is 0 Å². The van der Waals surface area contributed by atoms with Crippen LogP contribution in [-0.2, 0) is 7.05 Å². The summed E-state index contributed by atoms with van der Waals surface area (Å²) in [5, 5.41) is 12.7. The SMILES string of the molecule is Cn1cc(-c2ccc(C#N)cc2)cn1. The molecule has 3 nitrogen and oxygen atoms in total. The maximum Gasteiger partial charge on any atom is 0.0991 e. The number of hydrogen-bond donors (Lipinski definition) is 0. The highest BCUT2D eigenvalue weighted by Crippen LogP contribution is 2.18. The summed E-state index contributed by atoms with van der Waals surface area (Å²) in [5.41, 5.74) is 2.83. The number of aryl methyl sites for hydroxylation is 1. The summed E-state index contributed by atoms with van der Waals surface area (Å²) in [7, 11) is 1.88. The van der Waals surface area contributed by atoms with Crippen LogP contribution in [0, 0.1) is 11.3 Å². The highest BCUT2D eigenvalue weighted by molar-refractivity contribution is 5.62. The lowest BCUT2D eigenvalue weighted by Gasteiger charge is -1.95. The van der Waals surface area contributed by atoms with Gasteiger partial charge in [-0.15, -0.1) is 0 Å². The molecule has 14 heavy (non-hydrogen) atoms. The maximum absolute atomic E-state index is 8.64. The first-order chi connectivity index (χ1) is 6.79. The Bertz CT molecular complexity index is 474. The van der Waals surface area contributed by atoms with Crippen LogP contribution in [-0.4, -0.2) is 9.78 Å². The van der Waals surface area contributed by atoms with Gasteiger partial charge in [0, 0.05) is 18.8 Å². The molecule has 0 unspecified atom stereocenters. The average Bonchev–Trinajstić information content (AvgIpc) is 2.65. The molecule has 2 rings (SSSR count). The molecule has 0 saturated heterocycles. The summed E-state index contributed by atoms with van der Waals surface area (Å²) < 4.78 is 1.76. The molecule has 0 saturated carbocycles. The van der Waals surface area contributed by atoms with Crippen molar-refractivity contribution in [2.24, 2.45) is 7.05 Å². The molecule has 0 aliphatic heterocycles. The van der Waals surface area contributed by atoms with Gasteiger partial charge in [-0.25, -0.2) is 0 Å². The van der Waals surface area contributed by atoms with Crippen molar-refractivity contribution in [1.29, 1.82) is 5.26 Å². The van der Waals surface area contributed by atoms with E-state index in [0.717, 1.165) is 11.1 Å². The highest BCUT2D eigenvalue weighted by Gasteiger charge is 1.99. The van der Waals surface area contributed by atoms with Gasteiger partial charge in [0.1, 0.15) is 0 Å². The smallest absolute Gasteiger partial charge is 0.0991 e. The molecule has 0 amide bonds. The number of benzene rings is 1. The Hall–Kier alpha value is -2.08. The highest BCUT2D eigenvalue weighted by atomic mass is 15.2. The third-order valence-corrected chi connectivity index (χ3v) is 2.05. The van der Waals surface area contributed by atoms with E-state index < -0.39 is 0 Å². The predicted molar refractivity (Wildman–Crippen MR) is 53.4 cm³/mol. The molecule has 1 heterocycles. The minimum absolute atomic E-state index is 0.678. The van der Waals surface area contributed by atoms with Gasteiger partial charge in [-0.2, -0.15) is 10.4 Å². The number of hydrogen-bond acceptors (Lipinski definition) is 2. The normalized spacial score (nSPS) is 9.71. The Morgan fingerprint density at radius 1 is 1.21 bits per heavy atom.